The highest BCUT2D eigenvalue weighted by atomic mass is 32.2. The van der Waals surface area contributed by atoms with Crippen molar-refractivity contribution in [2.45, 2.75) is 30.4 Å². The minimum atomic E-state index is -3.43. The van der Waals surface area contributed by atoms with Gasteiger partial charge in [-0.3, -0.25) is 0 Å². The van der Waals surface area contributed by atoms with Gasteiger partial charge in [-0.15, -0.1) is 0 Å². The van der Waals surface area contributed by atoms with E-state index in [0.29, 0.717) is 0 Å². The molecule has 1 fully saturated rings. The van der Waals surface area contributed by atoms with E-state index in [1.54, 1.807) is 50.0 Å². The largest absolute Gasteiger partial charge is 0.389 e. The van der Waals surface area contributed by atoms with E-state index in [4.69, 9.17) is 0 Å². The number of aliphatic hydroxyl groups is 1. The maximum Gasteiger partial charge on any atom is 0.243 e. The highest BCUT2D eigenvalue weighted by molar-refractivity contribution is 7.99. The fourth-order valence-corrected chi connectivity index (χ4v) is 4.84. The van der Waals surface area contributed by atoms with Crippen LogP contribution in [0, 0.1) is 0 Å². The van der Waals surface area contributed by atoms with Crippen molar-refractivity contribution in [3.05, 3.63) is 29.8 Å². The zero-order valence-electron chi connectivity index (χ0n) is 11.1. The Hall–Kier alpha value is -0.560. The van der Waals surface area contributed by atoms with Crippen molar-refractivity contribution in [2.24, 2.45) is 0 Å². The summed E-state index contributed by atoms with van der Waals surface area (Å²) in [5.74, 6) is 1.88. The monoisotopic (exact) mass is 301 g/mol. The van der Waals surface area contributed by atoms with E-state index in [0.717, 1.165) is 23.5 Å². The van der Waals surface area contributed by atoms with Crippen LogP contribution in [0.5, 0.6) is 0 Å². The summed E-state index contributed by atoms with van der Waals surface area (Å²) >= 11 is 1.79. The number of aliphatic hydroxyl groups excluding tert-OH is 1. The van der Waals surface area contributed by atoms with Crippen LogP contribution >= 0.6 is 11.8 Å². The average Bonchev–Trinajstić information content (AvgIpc) is 2.91. The van der Waals surface area contributed by atoms with Crippen molar-refractivity contribution in [3.63, 3.8) is 0 Å². The lowest BCUT2D eigenvalue weighted by molar-refractivity contribution is 0.199. The van der Waals surface area contributed by atoms with Crippen LogP contribution in [0.4, 0.5) is 0 Å². The molecule has 19 heavy (non-hydrogen) atoms. The maximum absolute atomic E-state index is 12.5. The van der Waals surface area contributed by atoms with Gasteiger partial charge in [0.15, 0.2) is 0 Å². The topological polar surface area (TPSA) is 57.6 Å². The standard InChI is InChI=1S/C13H19NO3S2/c1-10(15)11-3-5-13(6-4-11)19(16,17)14(2)12-7-8-18-9-12/h3-6,10,12,15H,7-9H2,1-2H3. The van der Waals surface area contributed by atoms with Crippen LogP contribution in [0.2, 0.25) is 0 Å². The third-order valence-corrected chi connectivity index (χ3v) is 6.53. The Morgan fingerprint density at radius 2 is 2.00 bits per heavy atom. The van der Waals surface area contributed by atoms with Gasteiger partial charge in [-0.2, -0.15) is 16.1 Å². The van der Waals surface area contributed by atoms with Gasteiger partial charge in [0.05, 0.1) is 11.0 Å². The maximum atomic E-state index is 12.5. The van der Waals surface area contributed by atoms with Crippen molar-refractivity contribution in [3.8, 4) is 0 Å². The molecule has 2 rings (SSSR count). The molecule has 4 nitrogen and oxygen atoms in total. The molecule has 1 aromatic carbocycles. The first kappa shape index (κ1) is 14.8. The number of nitrogens with zero attached hydrogens (tertiary/aromatic N) is 1. The average molecular weight is 301 g/mol. The minimum Gasteiger partial charge on any atom is -0.389 e. The Morgan fingerprint density at radius 1 is 1.37 bits per heavy atom. The first-order valence-corrected chi connectivity index (χ1v) is 8.86. The summed E-state index contributed by atoms with van der Waals surface area (Å²) in [6, 6.07) is 6.54. The molecular formula is C13H19NO3S2. The molecule has 0 radical (unpaired) electrons. The lowest BCUT2D eigenvalue weighted by Gasteiger charge is -2.23. The molecule has 2 unspecified atom stereocenters. The Balaban J connectivity index is 2.23. The Morgan fingerprint density at radius 3 is 2.47 bits per heavy atom. The Bertz CT molecular complexity index is 519. The van der Waals surface area contributed by atoms with Gasteiger partial charge in [0.2, 0.25) is 10.0 Å². The van der Waals surface area contributed by atoms with Crippen LogP contribution < -0.4 is 0 Å². The van der Waals surface area contributed by atoms with Crippen molar-refractivity contribution >= 4 is 21.8 Å². The first-order valence-electron chi connectivity index (χ1n) is 6.26. The van der Waals surface area contributed by atoms with Crippen LogP contribution in [0.15, 0.2) is 29.2 Å². The van der Waals surface area contributed by atoms with Crippen LogP contribution in [0.3, 0.4) is 0 Å². The third kappa shape index (κ3) is 3.13. The summed E-state index contributed by atoms with van der Waals surface area (Å²) in [5.41, 5.74) is 0.720. The van der Waals surface area contributed by atoms with Gasteiger partial charge in [0.1, 0.15) is 0 Å². The van der Waals surface area contributed by atoms with Gasteiger partial charge >= 0.3 is 0 Å². The summed E-state index contributed by atoms with van der Waals surface area (Å²) < 4.78 is 26.4. The van der Waals surface area contributed by atoms with Gasteiger partial charge < -0.3 is 5.11 Å². The second-order valence-electron chi connectivity index (χ2n) is 4.78. The van der Waals surface area contributed by atoms with Gasteiger partial charge in [-0.1, -0.05) is 12.1 Å². The molecule has 0 aromatic heterocycles. The normalized spacial score (nSPS) is 21.8. The summed E-state index contributed by atoms with van der Waals surface area (Å²) in [6.07, 6.45) is 0.326. The molecular weight excluding hydrogens is 282 g/mol. The second-order valence-corrected chi connectivity index (χ2v) is 7.93. The van der Waals surface area contributed by atoms with E-state index in [1.807, 2.05) is 0 Å². The molecule has 0 amide bonds. The zero-order chi connectivity index (χ0) is 14.0. The summed E-state index contributed by atoms with van der Waals surface area (Å²) in [4.78, 5) is 0.288. The predicted molar refractivity (Wildman–Crippen MR) is 77.8 cm³/mol. The smallest absolute Gasteiger partial charge is 0.243 e. The Kier molecular flexibility index (Phi) is 4.55. The van der Waals surface area contributed by atoms with E-state index in [1.165, 1.54) is 4.31 Å². The van der Waals surface area contributed by atoms with E-state index >= 15 is 0 Å². The molecule has 1 aromatic rings. The molecule has 1 aliphatic rings. The molecule has 0 saturated carbocycles. The molecule has 2 atom stereocenters. The molecule has 0 spiro atoms. The lowest BCUT2D eigenvalue weighted by Crippen LogP contribution is -2.36. The molecule has 0 bridgehead atoms. The van der Waals surface area contributed by atoms with E-state index in [2.05, 4.69) is 0 Å². The molecule has 1 saturated heterocycles. The molecule has 106 valence electrons. The Labute approximate surface area is 118 Å². The van der Waals surface area contributed by atoms with E-state index < -0.39 is 16.1 Å². The zero-order valence-corrected chi connectivity index (χ0v) is 12.7. The summed E-state index contributed by atoms with van der Waals surface area (Å²) in [7, 11) is -1.78. The SMILES string of the molecule is CC(O)c1ccc(S(=O)(=O)N(C)C2CCSC2)cc1. The van der Waals surface area contributed by atoms with E-state index in [9.17, 15) is 13.5 Å². The fourth-order valence-electron chi connectivity index (χ4n) is 2.09. The van der Waals surface area contributed by atoms with Gasteiger partial charge in [0.25, 0.3) is 0 Å². The van der Waals surface area contributed by atoms with Crippen LogP contribution in [0.25, 0.3) is 0 Å². The number of rotatable bonds is 4. The van der Waals surface area contributed by atoms with Crippen molar-refractivity contribution in [1.29, 1.82) is 0 Å². The lowest BCUT2D eigenvalue weighted by atomic mass is 10.1. The van der Waals surface area contributed by atoms with E-state index in [-0.39, 0.29) is 10.9 Å². The van der Waals surface area contributed by atoms with Crippen LogP contribution in [-0.4, -0.2) is 42.4 Å². The molecule has 0 aliphatic carbocycles. The summed E-state index contributed by atoms with van der Waals surface area (Å²) in [6.45, 7) is 1.66. The second kappa shape index (κ2) is 5.83. The molecule has 6 heteroatoms. The van der Waals surface area contributed by atoms with Gasteiger partial charge in [0, 0.05) is 18.8 Å². The number of sulfonamides is 1. The molecule has 1 N–H and O–H groups in total. The highest BCUT2D eigenvalue weighted by Crippen LogP contribution is 2.26. The number of hydrogen-bond acceptors (Lipinski definition) is 4. The van der Waals surface area contributed by atoms with Crippen molar-refractivity contribution in [2.75, 3.05) is 18.6 Å². The van der Waals surface area contributed by atoms with Gasteiger partial charge in [-0.05, 0) is 36.8 Å². The predicted octanol–water partition coefficient (Wildman–Crippen LogP) is 1.87. The molecule has 1 heterocycles. The van der Waals surface area contributed by atoms with Crippen LogP contribution in [0.1, 0.15) is 25.0 Å². The van der Waals surface area contributed by atoms with Gasteiger partial charge in [-0.25, -0.2) is 8.42 Å². The quantitative estimate of drug-likeness (QED) is 0.922. The van der Waals surface area contributed by atoms with Crippen molar-refractivity contribution in [1.82, 2.24) is 4.31 Å². The fraction of sp³-hybridized carbons (Fsp3) is 0.538. The minimum absolute atomic E-state index is 0.0893. The number of benzene rings is 1. The number of hydrogen-bond donors (Lipinski definition) is 1. The third-order valence-electron chi connectivity index (χ3n) is 3.46. The van der Waals surface area contributed by atoms with Crippen molar-refractivity contribution < 1.29 is 13.5 Å². The summed E-state index contributed by atoms with van der Waals surface area (Å²) in [5, 5.41) is 9.44. The first-order chi connectivity index (χ1) is 8.93. The number of thioether (sulfide) groups is 1. The highest BCUT2D eigenvalue weighted by Gasteiger charge is 2.30. The van der Waals surface area contributed by atoms with Crippen LogP contribution in [-0.2, 0) is 10.0 Å². The molecule has 1 aliphatic heterocycles.